The van der Waals surface area contributed by atoms with Crippen LogP contribution in [0.3, 0.4) is 0 Å². The Morgan fingerprint density at radius 2 is 2.14 bits per heavy atom. The maximum absolute atomic E-state index is 5.47. The molecular weight excluding hydrogens is 174 g/mol. The third-order valence-corrected chi connectivity index (χ3v) is 2.96. The van der Waals surface area contributed by atoms with Crippen molar-refractivity contribution in [3.8, 4) is 0 Å². The van der Waals surface area contributed by atoms with Gasteiger partial charge in [0.1, 0.15) is 0 Å². The fourth-order valence-corrected chi connectivity index (χ4v) is 1.61. The Bertz CT molecular complexity index is 134. The van der Waals surface area contributed by atoms with E-state index in [0.717, 1.165) is 31.6 Å². The zero-order valence-corrected chi connectivity index (χ0v) is 9.72. The number of rotatable bonds is 8. The molecule has 1 atom stereocenters. The largest absolute Gasteiger partial charge is 0.381 e. The van der Waals surface area contributed by atoms with E-state index in [0.29, 0.717) is 0 Å². The summed E-state index contributed by atoms with van der Waals surface area (Å²) in [5, 5.41) is 3.60. The topological polar surface area (TPSA) is 21.3 Å². The molecule has 1 saturated carbocycles. The number of ether oxygens (including phenoxy) is 1. The molecule has 0 aromatic rings. The fraction of sp³-hybridized carbons (Fsp3) is 1.00. The number of hydrogen-bond donors (Lipinski definition) is 1. The zero-order valence-electron chi connectivity index (χ0n) is 9.72. The Kier molecular flexibility index (Phi) is 6.20. The molecule has 1 rings (SSSR count). The van der Waals surface area contributed by atoms with Crippen molar-refractivity contribution in [2.24, 2.45) is 5.92 Å². The summed E-state index contributed by atoms with van der Waals surface area (Å²) < 4.78 is 5.47. The predicted molar refractivity (Wildman–Crippen MR) is 60.5 cm³/mol. The van der Waals surface area contributed by atoms with Crippen molar-refractivity contribution in [1.82, 2.24) is 5.32 Å². The van der Waals surface area contributed by atoms with Gasteiger partial charge in [-0.25, -0.2) is 0 Å². The fourth-order valence-electron chi connectivity index (χ4n) is 1.61. The molecule has 1 unspecified atom stereocenters. The van der Waals surface area contributed by atoms with Gasteiger partial charge in [0.2, 0.25) is 0 Å². The molecule has 0 saturated heterocycles. The zero-order chi connectivity index (χ0) is 10.2. The summed E-state index contributed by atoms with van der Waals surface area (Å²) >= 11 is 0. The highest BCUT2D eigenvalue weighted by atomic mass is 16.5. The summed E-state index contributed by atoms with van der Waals surface area (Å²) in [5.74, 6) is 0.757. The predicted octanol–water partition coefficient (Wildman–Crippen LogP) is 2.58. The molecular formula is C12H25NO. The van der Waals surface area contributed by atoms with Crippen LogP contribution in [0.1, 0.15) is 46.0 Å². The number of hydrogen-bond acceptors (Lipinski definition) is 2. The van der Waals surface area contributed by atoms with Crippen LogP contribution in [0, 0.1) is 5.92 Å². The first-order valence-electron chi connectivity index (χ1n) is 6.14. The minimum atomic E-state index is 0.757. The Labute approximate surface area is 88.4 Å². The Balaban J connectivity index is 1.84. The van der Waals surface area contributed by atoms with Gasteiger partial charge in [0.15, 0.2) is 0 Å². The van der Waals surface area contributed by atoms with Crippen LogP contribution in [0.5, 0.6) is 0 Å². The second kappa shape index (κ2) is 7.24. The first-order valence-corrected chi connectivity index (χ1v) is 6.14. The molecule has 0 radical (unpaired) electrons. The average molecular weight is 199 g/mol. The van der Waals surface area contributed by atoms with Crippen LogP contribution in [-0.4, -0.2) is 25.8 Å². The molecule has 84 valence electrons. The third kappa shape index (κ3) is 4.97. The summed E-state index contributed by atoms with van der Waals surface area (Å²) in [4.78, 5) is 0. The van der Waals surface area contributed by atoms with Gasteiger partial charge in [0, 0.05) is 19.3 Å². The van der Waals surface area contributed by atoms with Crippen LogP contribution in [0.15, 0.2) is 0 Å². The van der Waals surface area contributed by atoms with E-state index in [9.17, 15) is 0 Å². The normalized spacial score (nSPS) is 19.3. The summed E-state index contributed by atoms with van der Waals surface area (Å²) in [7, 11) is 0. The highest BCUT2D eigenvalue weighted by molar-refractivity contribution is 4.76. The summed E-state index contributed by atoms with van der Waals surface area (Å²) in [6, 6.07) is 0.828. The van der Waals surface area contributed by atoms with Crippen molar-refractivity contribution in [2.45, 2.75) is 52.0 Å². The van der Waals surface area contributed by atoms with Crippen molar-refractivity contribution in [1.29, 1.82) is 0 Å². The SMILES string of the molecule is CCCOCCC(C)CNC1CCC1. The summed E-state index contributed by atoms with van der Waals surface area (Å²) in [5.41, 5.74) is 0. The van der Waals surface area contributed by atoms with E-state index >= 15 is 0 Å². The molecule has 2 nitrogen and oxygen atoms in total. The van der Waals surface area contributed by atoms with Gasteiger partial charge >= 0.3 is 0 Å². The van der Waals surface area contributed by atoms with Gasteiger partial charge < -0.3 is 10.1 Å². The minimum Gasteiger partial charge on any atom is -0.381 e. The first-order chi connectivity index (χ1) is 6.83. The van der Waals surface area contributed by atoms with Crippen molar-refractivity contribution in [2.75, 3.05) is 19.8 Å². The van der Waals surface area contributed by atoms with E-state index in [1.54, 1.807) is 0 Å². The van der Waals surface area contributed by atoms with Crippen LogP contribution < -0.4 is 5.32 Å². The molecule has 0 amide bonds. The molecule has 0 heterocycles. The minimum absolute atomic E-state index is 0.757. The van der Waals surface area contributed by atoms with E-state index in [-0.39, 0.29) is 0 Å². The van der Waals surface area contributed by atoms with E-state index in [2.05, 4.69) is 19.2 Å². The molecule has 2 heteroatoms. The molecule has 14 heavy (non-hydrogen) atoms. The maximum Gasteiger partial charge on any atom is 0.0469 e. The van der Waals surface area contributed by atoms with Gasteiger partial charge in [0.05, 0.1) is 0 Å². The smallest absolute Gasteiger partial charge is 0.0469 e. The molecule has 1 fully saturated rings. The molecule has 1 N–H and O–H groups in total. The van der Waals surface area contributed by atoms with E-state index in [1.807, 2.05) is 0 Å². The highest BCUT2D eigenvalue weighted by Gasteiger charge is 2.16. The van der Waals surface area contributed by atoms with Crippen LogP contribution in [0.25, 0.3) is 0 Å². The van der Waals surface area contributed by atoms with Crippen molar-refractivity contribution in [3.05, 3.63) is 0 Å². The second-order valence-corrected chi connectivity index (χ2v) is 4.54. The molecule has 1 aliphatic rings. The lowest BCUT2D eigenvalue weighted by Crippen LogP contribution is -2.37. The van der Waals surface area contributed by atoms with E-state index in [4.69, 9.17) is 4.74 Å². The molecule has 0 aromatic carbocycles. The maximum atomic E-state index is 5.47. The Morgan fingerprint density at radius 1 is 1.36 bits per heavy atom. The lowest BCUT2D eigenvalue weighted by molar-refractivity contribution is 0.121. The van der Waals surface area contributed by atoms with Crippen LogP contribution in [-0.2, 0) is 4.74 Å². The van der Waals surface area contributed by atoms with Crippen LogP contribution in [0.4, 0.5) is 0 Å². The monoisotopic (exact) mass is 199 g/mol. The highest BCUT2D eigenvalue weighted by Crippen LogP contribution is 2.18. The quantitative estimate of drug-likeness (QED) is 0.607. The molecule has 0 spiro atoms. The first kappa shape index (κ1) is 12.0. The summed E-state index contributed by atoms with van der Waals surface area (Å²) in [6.07, 6.45) is 6.53. The Morgan fingerprint density at radius 3 is 2.71 bits per heavy atom. The van der Waals surface area contributed by atoms with Gasteiger partial charge in [-0.3, -0.25) is 0 Å². The standard InChI is InChI=1S/C12H25NO/c1-3-8-14-9-7-11(2)10-13-12-5-4-6-12/h11-13H,3-10H2,1-2H3. The van der Waals surface area contributed by atoms with Gasteiger partial charge in [0.25, 0.3) is 0 Å². The molecule has 0 bridgehead atoms. The van der Waals surface area contributed by atoms with Gasteiger partial charge in [-0.05, 0) is 38.1 Å². The molecule has 0 aromatic heterocycles. The van der Waals surface area contributed by atoms with Gasteiger partial charge in [-0.15, -0.1) is 0 Å². The second-order valence-electron chi connectivity index (χ2n) is 4.54. The van der Waals surface area contributed by atoms with Gasteiger partial charge in [-0.1, -0.05) is 20.3 Å². The van der Waals surface area contributed by atoms with Crippen LogP contribution in [0.2, 0.25) is 0 Å². The molecule has 1 aliphatic carbocycles. The lowest BCUT2D eigenvalue weighted by Gasteiger charge is -2.28. The lowest BCUT2D eigenvalue weighted by atomic mass is 9.92. The third-order valence-electron chi connectivity index (χ3n) is 2.96. The van der Waals surface area contributed by atoms with Crippen molar-refractivity contribution in [3.63, 3.8) is 0 Å². The average Bonchev–Trinajstić information content (AvgIpc) is 2.10. The van der Waals surface area contributed by atoms with E-state index in [1.165, 1.54) is 32.2 Å². The number of nitrogens with one attached hydrogen (secondary N) is 1. The summed E-state index contributed by atoms with van der Waals surface area (Å²) in [6.45, 7) is 7.48. The van der Waals surface area contributed by atoms with Crippen molar-refractivity contribution >= 4 is 0 Å². The van der Waals surface area contributed by atoms with E-state index < -0.39 is 0 Å². The molecule has 0 aliphatic heterocycles. The van der Waals surface area contributed by atoms with Crippen molar-refractivity contribution < 1.29 is 4.74 Å². The van der Waals surface area contributed by atoms with Crippen LogP contribution >= 0.6 is 0 Å². The van der Waals surface area contributed by atoms with Gasteiger partial charge in [-0.2, -0.15) is 0 Å². The Hall–Kier alpha value is -0.0800.